The molecule has 0 aliphatic heterocycles. The highest BCUT2D eigenvalue weighted by Gasteiger charge is 2.04. The van der Waals surface area contributed by atoms with Crippen molar-refractivity contribution < 1.29 is 9.47 Å². The second kappa shape index (κ2) is 6.70. The van der Waals surface area contributed by atoms with Crippen molar-refractivity contribution in [3.05, 3.63) is 24.3 Å². The number of para-hydroxylation sites is 2. The van der Waals surface area contributed by atoms with Crippen molar-refractivity contribution >= 4 is 0 Å². The molecule has 0 spiro atoms. The second-order valence-electron chi connectivity index (χ2n) is 3.25. The molecule has 86 valence electrons. The van der Waals surface area contributed by atoms with Gasteiger partial charge in [-0.15, -0.1) is 0 Å². The van der Waals surface area contributed by atoms with Crippen molar-refractivity contribution in [2.75, 3.05) is 13.2 Å². The third-order valence-corrected chi connectivity index (χ3v) is 2.00. The van der Waals surface area contributed by atoms with Crippen molar-refractivity contribution in [3.8, 4) is 17.6 Å². The summed E-state index contributed by atoms with van der Waals surface area (Å²) in [5.41, 5.74) is 5.46. The first-order valence-corrected chi connectivity index (χ1v) is 5.27. The van der Waals surface area contributed by atoms with E-state index in [-0.39, 0.29) is 0 Å². The molecule has 0 aromatic heterocycles. The van der Waals surface area contributed by atoms with Crippen LogP contribution in [0.2, 0.25) is 0 Å². The Morgan fingerprint density at radius 1 is 1.31 bits per heavy atom. The molecular weight excluding hydrogens is 204 g/mol. The average Bonchev–Trinajstić information content (AvgIpc) is 2.31. The number of nitriles is 1. The monoisotopic (exact) mass is 220 g/mol. The molecule has 0 amide bonds. The maximum atomic E-state index is 8.52. The van der Waals surface area contributed by atoms with Gasteiger partial charge in [0.2, 0.25) is 0 Å². The van der Waals surface area contributed by atoms with E-state index >= 15 is 0 Å². The zero-order chi connectivity index (χ0) is 11.8. The minimum absolute atomic E-state index is 0.415. The summed E-state index contributed by atoms with van der Waals surface area (Å²) in [5.74, 6) is 1.41. The molecule has 1 aromatic rings. The van der Waals surface area contributed by atoms with Crippen LogP contribution in [-0.2, 0) is 0 Å². The summed E-state index contributed by atoms with van der Waals surface area (Å²) in [6, 6.07) is 8.94. The molecule has 0 fully saturated rings. The Hall–Kier alpha value is -1.73. The Bertz CT molecular complexity index is 360. The van der Waals surface area contributed by atoms with Gasteiger partial charge in [0.25, 0.3) is 0 Å². The number of nitrogens with two attached hydrogens (primary N) is 1. The fraction of sp³-hybridized carbons (Fsp3) is 0.417. The lowest BCUT2D eigenvalue weighted by Gasteiger charge is -2.11. The fourth-order valence-corrected chi connectivity index (χ4v) is 1.20. The van der Waals surface area contributed by atoms with Crippen LogP contribution in [0, 0.1) is 11.3 Å². The van der Waals surface area contributed by atoms with Crippen molar-refractivity contribution in [1.82, 2.24) is 0 Å². The van der Waals surface area contributed by atoms with E-state index in [0.717, 1.165) is 5.75 Å². The predicted octanol–water partition coefficient (Wildman–Crippen LogP) is 1.71. The lowest BCUT2D eigenvalue weighted by Crippen LogP contribution is -2.20. The molecule has 1 rings (SSSR count). The van der Waals surface area contributed by atoms with E-state index in [1.807, 2.05) is 37.3 Å². The van der Waals surface area contributed by atoms with Crippen LogP contribution in [0.3, 0.4) is 0 Å². The maximum absolute atomic E-state index is 8.52. The Morgan fingerprint density at radius 2 is 1.94 bits per heavy atom. The van der Waals surface area contributed by atoms with Gasteiger partial charge in [0, 0.05) is 6.42 Å². The smallest absolute Gasteiger partial charge is 0.161 e. The number of ether oxygens (including phenoxy) is 2. The van der Waals surface area contributed by atoms with E-state index in [1.54, 1.807) is 0 Å². The van der Waals surface area contributed by atoms with Gasteiger partial charge in [0.05, 0.1) is 25.3 Å². The summed E-state index contributed by atoms with van der Waals surface area (Å²) in [4.78, 5) is 0. The highest BCUT2D eigenvalue weighted by atomic mass is 16.5. The predicted molar refractivity (Wildman–Crippen MR) is 61.3 cm³/mol. The van der Waals surface area contributed by atoms with Crippen molar-refractivity contribution in [1.29, 1.82) is 5.26 Å². The van der Waals surface area contributed by atoms with Crippen LogP contribution in [0.1, 0.15) is 13.3 Å². The average molecular weight is 220 g/mol. The lowest BCUT2D eigenvalue weighted by molar-refractivity contribution is 0.271. The molecule has 0 radical (unpaired) electrons. The molecule has 0 saturated heterocycles. The largest absolute Gasteiger partial charge is 0.490 e. The minimum atomic E-state index is -0.473. The van der Waals surface area contributed by atoms with Crippen LogP contribution in [-0.4, -0.2) is 19.3 Å². The van der Waals surface area contributed by atoms with Crippen LogP contribution in [0.5, 0.6) is 11.5 Å². The third kappa shape index (κ3) is 3.79. The normalized spacial score (nSPS) is 11.6. The Kier molecular flexibility index (Phi) is 5.17. The maximum Gasteiger partial charge on any atom is 0.161 e. The zero-order valence-corrected chi connectivity index (χ0v) is 9.35. The number of nitrogens with zero attached hydrogens (tertiary/aromatic N) is 1. The topological polar surface area (TPSA) is 68.3 Å². The Morgan fingerprint density at radius 3 is 2.50 bits per heavy atom. The highest BCUT2D eigenvalue weighted by molar-refractivity contribution is 5.39. The van der Waals surface area contributed by atoms with Crippen LogP contribution >= 0.6 is 0 Å². The molecule has 1 unspecified atom stereocenters. The first-order chi connectivity index (χ1) is 7.77. The fourth-order valence-electron chi connectivity index (χ4n) is 1.20. The minimum Gasteiger partial charge on any atom is -0.490 e. The van der Waals surface area contributed by atoms with Gasteiger partial charge in [-0.2, -0.15) is 5.26 Å². The molecule has 0 aliphatic carbocycles. The standard InChI is InChI=1S/C12H16N2O2/c1-2-15-11-5-3-4-6-12(11)16-8-7-10(14)9-13/h3-6,10H,2,7-8,14H2,1H3. The number of hydrogen-bond acceptors (Lipinski definition) is 4. The molecule has 1 atom stereocenters. The quantitative estimate of drug-likeness (QED) is 0.792. The zero-order valence-electron chi connectivity index (χ0n) is 9.35. The number of benzene rings is 1. The van der Waals surface area contributed by atoms with Crippen molar-refractivity contribution in [3.63, 3.8) is 0 Å². The SMILES string of the molecule is CCOc1ccccc1OCCC(N)C#N. The van der Waals surface area contributed by atoms with Gasteiger partial charge in [0.1, 0.15) is 0 Å². The summed E-state index contributed by atoms with van der Waals surface area (Å²) in [5, 5.41) is 8.52. The molecule has 0 bridgehead atoms. The van der Waals surface area contributed by atoms with Crippen LogP contribution < -0.4 is 15.2 Å². The Labute approximate surface area is 95.6 Å². The first-order valence-electron chi connectivity index (χ1n) is 5.27. The summed E-state index contributed by atoms with van der Waals surface area (Å²) >= 11 is 0. The second-order valence-corrected chi connectivity index (χ2v) is 3.25. The first kappa shape index (κ1) is 12.3. The van der Waals surface area contributed by atoms with Gasteiger partial charge >= 0.3 is 0 Å². The van der Waals surface area contributed by atoms with Gasteiger partial charge in [-0.3, -0.25) is 0 Å². The van der Waals surface area contributed by atoms with Crippen LogP contribution in [0.15, 0.2) is 24.3 Å². The summed E-state index contributed by atoms with van der Waals surface area (Å²) in [6.07, 6.45) is 0.511. The van der Waals surface area contributed by atoms with Gasteiger partial charge < -0.3 is 15.2 Å². The van der Waals surface area contributed by atoms with Crippen LogP contribution in [0.4, 0.5) is 0 Å². The molecule has 4 heteroatoms. The summed E-state index contributed by atoms with van der Waals surface area (Å²) in [7, 11) is 0. The van der Waals surface area contributed by atoms with Crippen LogP contribution in [0.25, 0.3) is 0 Å². The van der Waals surface area contributed by atoms with Gasteiger partial charge in [-0.05, 0) is 19.1 Å². The third-order valence-electron chi connectivity index (χ3n) is 2.00. The van der Waals surface area contributed by atoms with Gasteiger partial charge in [-0.25, -0.2) is 0 Å². The molecule has 0 aliphatic rings. The van der Waals surface area contributed by atoms with Gasteiger partial charge in [0.15, 0.2) is 11.5 Å². The molecule has 0 heterocycles. The highest BCUT2D eigenvalue weighted by Crippen LogP contribution is 2.26. The van der Waals surface area contributed by atoms with E-state index in [9.17, 15) is 0 Å². The van der Waals surface area contributed by atoms with E-state index in [4.69, 9.17) is 20.5 Å². The van der Waals surface area contributed by atoms with E-state index < -0.39 is 6.04 Å². The van der Waals surface area contributed by atoms with Gasteiger partial charge in [-0.1, -0.05) is 12.1 Å². The molecule has 4 nitrogen and oxygen atoms in total. The molecule has 16 heavy (non-hydrogen) atoms. The summed E-state index contributed by atoms with van der Waals surface area (Å²) in [6.45, 7) is 2.93. The summed E-state index contributed by atoms with van der Waals surface area (Å²) < 4.78 is 10.9. The van der Waals surface area contributed by atoms with E-state index in [0.29, 0.717) is 25.4 Å². The van der Waals surface area contributed by atoms with Crippen molar-refractivity contribution in [2.24, 2.45) is 5.73 Å². The molecule has 2 N–H and O–H groups in total. The van der Waals surface area contributed by atoms with E-state index in [1.165, 1.54) is 0 Å². The number of hydrogen-bond donors (Lipinski definition) is 1. The van der Waals surface area contributed by atoms with Crippen molar-refractivity contribution in [2.45, 2.75) is 19.4 Å². The number of rotatable bonds is 6. The van der Waals surface area contributed by atoms with E-state index in [2.05, 4.69) is 0 Å². The molecule has 1 aromatic carbocycles. The molecule has 0 saturated carbocycles. The Balaban J connectivity index is 2.50. The lowest BCUT2D eigenvalue weighted by atomic mass is 10.2. The molecular formula is C12H16N2O2.